The number of hydrogen-bond donors (Lipinski definition) is 1. The molecule has 0 spiro atoms. The molecule has 0 aromatic carbocycles. The van der Waals surface area contributed by atoms with E-state index in [0.717, 1.165) is 45.8 Å². The summed E-state index contributed by atoms with van der Waals surface area (Å²) in [5.74, 6) is 1.26. The summed E-state index contributed by atoms with van der Waals surface area (Å²) >= 11 is 0. The molecule has 0 aromatic heterocycles. The van der Waals surface area contributed by atoms with Crippen LogP contribution in [-0.4, -0.2) is 39.0 Å². The van der Waals surface area contributed by atoms with Crippen LogP contribution in [0.5, 0.6) is 0 Å². The van der Waals surface area contributed by atoms with E-state index in [-0.39, 0.29) is 0 Å². The Morgan fingerprint density at radius 3 is 2.94 bits per heavy atom. The molecule has 1 saturated heterocycles. The normalized spacial score (nSPS) is 26.2. The molecule has 1 aliphatic heterocycles. The zero-order valence-electron chi connectivity index (χ0n) is 11.0. The molecular weight excluding hydrogens is 202 g/mol. The molecule has 1 N–H and O–H groups in total. The summed E-state index contributed by atoms with van der Waals surface area (Å²) in [5.41, 5.74) is 0. The standard InChI is InChI=1S/C13H27NO2/c1-4-14-13-6-8-16-10-12(13)5-7-15-9-11(2)3/h11-14H,4-10H2,1-3H3. The van der Waals surface area contributed by atoms with Crippen molar-refractivity contribution in [1.29, 1.82) is 0 Å². The zero-order valence-corrected chi connectivity index (χ0v) is 11.0. The second-order valence-electron chi connectivity index (χ2n) is 5.05. The van der Waals surface area contributed by atoms with E-state index in [0.29, 0.717) is 17.9 Å². The predicted octanol–water partition coefficient (Wildman–Crippen LogP) is 2.06. The topological polar surface area (TPSA) is 30.5 Å². The van der Waals surface area contributed by atoms with E-state index >= 15 is 0 Å². The second kappa shape index (κ2) is 8.04. The maximum absolute atomic E-state index is 5.64. The first-order chi connectivity index (χ1) is 7.74. The van der Waals surface area contributed by atoms with Crippen molar-refractivity contribution in [3.05, 3.63) is 0 Å². The molecular formula is C13H27NO2. The van der Waals surface area contributed by atoms with E-state index in [1.165, 1.54) is 0 Å². The molecule has 2 unspecified atom stereocenters. The van der Waals surface area contributed by atoms with Gasteiger partial charge in [0.25, 0.3) is 0 Å². The van der Waals surface area contributed by atoms with Crippen LogP contribution in [0.15, 0.2) is 0 Å². The Labute approximate surface area is 99.9 Å². The summed E-state index contributed by atoms with van der Waals surface area (Å²) in [6, 6.07) is 0.626. The summed E-state index contributed by atoms with van der Waals surface area (Å²) in [5, 5.41) is 3.55. The molecule has 1 fully saturated rings. The SMILES string of the molecule is CCNC1CCOCC1CCOCC(C)C. The minimum atomic E-state index is 0.626. The molecule has 0 aromatic rings. The predicted molar refractivity (Wildman–Crippen MR) is 66.7 cm³/mol. The van der Waals surface area contributed by atoms with Gasteiger partial charge in [-0.2, -0.15) is 0 Å². The maximum Gasteiger partial charge on any atom is 0.0510 e. The third kappa shape index (κ3) is 5.28. The van der Waals surface area contributed by atoms with Gasteiger partial charge in [0.05, 0.1) is 6.61 Å². The Kier molecular flexibility index (Phi) is 7.01. The van der Waals surface area contributed by atoms with Gasteiger partial charge in [0.2, 0.25) is 0 Å². The molecule has 0 bridgehead atoms. The minimum absolute atomic E-state index is 0.626. The molecule has 0 amide bonds. The largest absolute Gasteiger partial charge is 0.381 e. The van der Waals surface area contributed by atoms with Crippen molar-refractivity contribution in [2.45, 2.75) is 39.7 Å². The van der Waals surface area contributed by atoms with Crippen LogP contribution in [0.25, 0.3) is 0 Å². The first-order valence-electron chi connectivity index (χ1n) is 6.63. The molecule has 0 aliphatic carbocycles. The van der Waals surface area contributed by atoms with E-state index in [1.807, 2.05) is 0 Å². The first-order valence-corrected chi connectivity index (χ1v) is 6.63. The highest BCUT2D eigenvalue weighted by Crippen LogP contribution is 2.18. The van der Waals surface area contributed by atoms with Crippen molar-refractivity contribution in [3.63, 3.8) is 0 Å². The second-order valence-corrected chi connectivity index (χ2v) is 5.05. The fraction of sp³-hybridized carbons (Fsp3) is 1.00. The lowest BCUT2D eigenvalue weighted by Crippen LogP contribution is -2.43. The smallest absolute Gasteiger partial charge is 0.0510 e. The molecule has 1 rings (SSSR count). The summed E-state index contributed by atoms with van der Waals surface area (Å²) < 4.78 is 11.2. The van der Waals surface area contributed by atoms with Crippen molar-refractivity contribution >= 4 is 0 Å². The summed E-state index contributed by atoms with van der Waals surface area (Å²) in [6.07, 6.45) is 2.26. The third-order valence-corrected chi connectivity index (χ3v) is 3.02. The van der Waals surface area contributed by atoms with E-state index in [9.17, 15) is 0 Å². The van der Waals surface area contributed by atoms with Crippen molar-refractivity contribution in [2.75, 3.05) is 33.0 Å². The van der Waals surface area contributed by atoms with Gasteiger partial charge in [0.15, 0.2) is 0 Å². The highest BCUT2D eigenvalue weighted by atomic mass is 16.5. The first kappa shape index (κ1) is 13.9. The van der Waals surface area contributed by atoms with Gasteiger partial charge in [0, 0.05) is 25.9 Å². The lowest BCUT2D eigenvalue weighted by atomic mass is 9.93. The number of hydrogen-bond acceptors (Lipinski definition) is 3. The van der Waals surface area contributed by atoms with Crippen LogP contribution in [0.3, 0.4) is 0 Å². The lowest BCUT2D eigenvalue weighted by Gasteiger charge is -2.32. The van der Waals surface area contributed by atoms with Crippen LogP contribution in [0.1, 0.15) is 33.6 Å². The van der Waals surface area contributed by atoms with Gasteiger partial charge >= 0.3 is 0 Å². The van der Waals surface area contributed by atoms with Crippen molar-refractivity contribution in [3.8, 4) is 0 Å². The molecule has 1 aliphatic rings. The van der Waals surface area contributed by atoms with Gasteiger partial charge < -0.3 is 14.8 Å². The highest BCUT2D eigenvalue weighted by Gasteiger charge is 2.24. The lowest BCUT2D eigenvalue weighted by molar-refractivity contribution is 0.0117. The molecule has 3 heteroatoms. The van der Waals surface area contributed by atoms with Gasteiger partial charge in [-0.25, -0.2) is 0 Å². The van der Waals surface area contributed by atoms with E-state index < -0.39 is 0 Å². The number of rotatable bonds is 7. The molecule has 0 saturated carbocycles. The van der Waals surface area contributed by atoms with Gasteiger partial charge in [0.1, 0.15) is 0 Å². The van der Waals surface area contributed by atoms with Crippen LogP contribution in [-0.2, 0) is 9.47 Å². The average molecular weight is 229 g/mol. The fourth-order valence-corrected chi connectivity index (χ4v) is 2.17. The Morgan fingerprint density at radius 2 is 2.25 bits per heavy atom. The molecule has 2 atom stereocenters. The Hall–Kier alpha value is -0.120. The summed E-state index contributed by atoms with van der Waals surface area (Å²) in [4.78, 5) is 0. The van der Waals surface area contributed by atoms with Crippen LogP contribution >= 0.6 is 0 Å². The van der Waals surface area contributed by atoms with Gasteiger partial charge in [-0.15, -0.1) is 0 Å². The quantitative estimate of drug-likeness (QED) is 0.678. The van der Waals surface area contributed by atoms with E-state index in [2.05, 4.69) is 26.1 Å². The van der Waals surface area contributed by atoms with Gasteiger partial charge in [-0.05, 0) is 31.2 Å². The molecule has 3 nitrogen and oxygen atoms in total. The Bertz CT molecular complexity index is 171. The van der Waals surface area contributed by atoms with E-state index in [4.69, 9.17) is 9.47 Å². The Balaban J connectivity index is 2.16. The van der Waals surface area contributed by atoms with Crippen LogP contribution < -0.4 is 5.32 Å². The molecule has 1 heterocycles. The summed E-state index contributed by atoms with van der Waals surface area (Å²) in [6.45, 7) is 11.1. The monoisotopic (exact) mass is 229 g/mol. The van der Waals surface area contributed by atoms with Crippen LogP contribution in [0, 0.1) is 11.8 Å². The Morgan fingerprint density at radius 1 is 1.44 bits per heavy atom. The number of nitrogens with one attached hydrogen (secondary N) is 1. The van der Waals surface area contributed by atoms with E-state index in [1.54, 1.807) is 0 Å². The molecule has 0 radical (unpaired) electrons. The highest BCUT2D eigenvalue weighted by molar-refractivity contribution is 4.79. The minimum Gasteiger partial charge on any atom is -0.381 e. The van der Waals surface area contributed by atoms with Crippen molar-refractivity contribution in [1.82, 2.24) is 5.32 Å². The number of ether oxygens (including phenoxy) is 2. The van der Waals surface area contributed by atoms with Gasteiger partial charge in [-0.3, -0.25) is 0 Å². The van der Waals surface area contributed by atoms with Crippen LogP contribution in [0.2, 0.25) is 0 Å². The average Bonchev–Trinajstić information content (AvgIpc) is 2.26. The van der Waals surface area contributed by atoms with Crippen molar-refractivity contribution < 1.29 is 9.47 Å². The molecule has 96 valence electrons. The van der Waals surface area contributed by atoms with Gasteiger partial charge in [-0.1, -0.05) is 20.8 Å². The third-order valence-electron chi connectivity index (χ3n) is 3.02. The summed E-state index contributed by atoms with van der Waals surface area (Å²) in [7, 11) is 0. The van der Waals surface area contributed by atoms with Crippen LogP contribution in [0.4, 0.5) is 0 Å². The maximum atomic E-state index is 5.64. The fourth-order valence-electron chi connectivity index (χ4n) is 2.17. The zero-order chi connectivity index (χ0) is 11.8. The molecule has 16 heavy (non-hydrogen) atoms. The van der Waals surface area contributed by atoms with Crippen molar-refractivity contribution in [2.24, 2.45) is 11.8 Å².